The standard InChI is InChI=1S/C18H19ClN2O4/c1-24-17(22)13-7-9-14(10-8-13)21-18(23)20-11-4-12-25-16-6-3-2-5-15(16)19/h2-3,5-10H,4,11-12H2,1H3,(H2,20,21,23). The Morgan fingerprint density at radius 1 is 1.08 bits per heavy atom. The van der Waals surface area contributed by atoms with Crippen molar-refractivity contribution in [2.45, 2.75) is 6.42 Å². The lowest BCUT2D eigenvalue weighted by Gasteiger charge is -2.09. The number of ether oxygens (including phenoxy) is 2. The van der Waals surface area contributed by atoms with Crippen LogP contribution >= 0.6 is 11.6 Å². The molecule has 0 bridgehead atoms. The minimum absolute atomic E-state index is 0.330. The van der Waals surface area contributed by atoms with E-state index in [2.05, 4.69) is 15.4 Å². The number of benzene rings is 2. The van der Waals surface area contributed by atoms with Crippen LogP contribution in [0.3, 0.4) is 0 Å². The van der Waals surface area contributed by atoms with E-state index in [1.165, 1.54) is 7.11 Å². The van der Waals surface area contributed by atoms with Crippen LogP contribution in [0.15, 0.2) is 48.5 Å². The number of carbonyl (C=O) groups excluding carboxylic acids is 2. The molecule has 6 nitrogen and oxygen atoms in total. The van der Waals surface area contributed by atoms with Crippen molar-refractivity contribution in [1.29, 1.82) is 0 Å². The molecule has 25 heavy (non-hydrogen) atoms. The van der Waals surface area contributed by atoms with Crippen LogP contribution in [0.1, 0.15) is 16.8 Å². The summed E-state index contributed by atoms with van der Waals surface area (Å²) in [6, 6.07) is 13.3. The summed E-state index contributed by atoms with van der Waals surface area (Å²) in [5, 5.41) is 5.96. The smallest absolute Gasteiger partial charge is 0.337 e. The van der Waals surface area contributed by atoms with Gasteiger partial charge in [0, 0.05) is 12.2 Å². The van der Waals surface area contributed by atoms with Crippen LogP contribution in [0.2, 0.25) is 5.02 Å². The number of amides is 2. The van der Waals surface area contributed by atoms with E-state index >= 15 is 0 Å². The van der Waals surface area contributed by atoms with Crippen LogP contribution in [-0.2, 0) is 4.74 Å². The van der Waals surface area contributed by atoms with Crippen LogP contribution in [0.25, 0.3) is 0 Å². The molecule has 0 fully saturated rings. The maximum absolute atomic E-state index is 11.8. The Balaban J connectivity index is 1.67. The zero-order chi connectivity index (χ0) is 18.1. The van der Waals surface area contributed by atoms with E-state index in [4.69, 9.17) is 16.3 Å². The topological polar surface area (TPSA) is 76.7 Å². The molecule has 2 amide bonds. The van der Waals surface area contributed by atoms with E-state index in [0.29, 0.717) is 41.6 Å². The summed E-state index contributed by atoms with van der Waals surface area (Å²) >= 11 is 5.98. The summed E-state index contributed by atoms with van der Waals surface area (Å²) in [6.07, 6.45) is 0.639. The van der Waals surface area contributed by atoms with E-state index < -0.39 is 5.97 Å². The SMILES string of the molecule is COC(=O)c1ccc(NC(=O)NCCCOc2ccccc2Cl)cc1. The first-order valence-corrected chi connectivity index (χ1v) is 8.08. The van der Waals surface area contributed by atoms with Crippen LogP contribution < -0.4 is 15.4 Å². The molecule has 2 rings (SSSR count). The number of hydrogen-bond donors (Lipinski definition) is 2. The third-order valence-corrected chi connectivity index (χ3v) is 3.58. The van der Waals surface area contributed by atoms with Crippen molar-refractivity contribution in [3.63, 3.8) is 0 Å². The highest BCUT2D eigenvalue weighted by Gasteiger charge is 2.06. The van der Waals surface area contributed by atoms with Crippen LogP contribution in [0.5, 0.6) is 5.75 Å². The molecule has 7 heteroatoms. The Morgan fingerprint density at radius 3 is 2.48 bits per heavy atom. The van der Waals surface area contributed by atoms with Gasteiger partial charge in [0.1, 0.15) is 5.75 Å². The Morgan fingerprint density at radius 2 is 1.80 bits per heavy atom. The van der Waals surface area contributed by atoms with Gasteiger partial charge in [-0.2, -0.15) is 0 Å². The third kappa shape index (κ3) is 6.00. The van der Waals surface area contributed by atoms with Crippen LogP contribution in [-0.4, -0.2) is 32.3 Å². The number of halogens is 1. The van der Waals surface area contributed by atoms with Crippen molar-refractivity contribution >= 4 is 29.3 Å². The molecule has 2 aromatic carbocycles. The maximum Gasteiger partial charge on any atom is 0.337 e. The van der Waals surface area contributed by atoms with Gasteiger partial charge in [-0.1, -0.05) is 23.7 Å². The van der Waals surface area contributed by atoms with Crippen molar-refractivity contribution in [2.75, 3.05) is 25.6 Å². The van der Waals surface area contributed by atoms with E-state index in [1.807, 2.05) is 12.1 Å². The fourth-order valence-corrected chi connectivity index (χ4v) is 2.19. The van der Waals surface area contributed by atoms with E-state index in [9.17, 15) is 9.59 Å². The average Bonchev–Trinajstić information content (AvgIpc) is 2.63. The second-order valence-electron chi connectivity index (χ2n) is 5.08. The number of nitrogens with one attached hydrogen (secondary N) is 2. The Bertz CT molecular complexity index is 719. The maximum atomic E-state index is 11.8. The van der Waals surface area contributed by atoms with Crippen molar-refractivity contribution in [2.24, 2.45) is 0 Å². The van der Waals surface area contributed by atoms with Gasteiger partial charge in [0.15, 0.2) is 0 Å². The number of para-hydroxylation sites is 1. The Labute approximate surface area is 151 Å². The first-order chi connectivity index (χ1) is 12.1. The first kappa shape index (κ1) is 18.6. The van der Waals surface area contributed by atoms with Crippen molar-refractivity contribution in [3.8, 4) is 5.75 Å². The van der Waals surface area contributed by atoms with Gasteiger partial charge in [-0.25, -0.2) is 9.59 Å². The van der Waals surface area contributed by atoms with Crippen molar-refractivity contribution in [1.82, 2.24) is 5.32 Å². The number of esters is 1. The Hall–Kier alpha value is -2.73. The molecule has 0 spiro atoms. The minimum atomic E-state index is -0.422. The monoisotopic (exact) mass is 362 g/mol. The predicted octanol–water partition coefficient (Wildman–Crippen LogP) is 3.72. The number of hydrogen-bond acceptors (Lipinski definition) is 4. The summed E-state index contributed by atoms with van der Waals surface area (Å²) in [5.74, 6) is 0.203. The number of methoxy groups -OCH3 is 1. The van der Waals surface area contributed by atoms with Gasteiger partial charge in [-0.05, 0) is 42.8 Å². The summed E-state index contributed by atoms with van der Waals surface area (Å²) in [5.41, 5.74) is 1.00. The lowest BCUT2D eigenvalue weighted by molar-refractivity contribution is 0.0600. The first-order valence-electron chi connectivity index (χ1n) is 7.70. The molecule has 0 heterocycles. The fourth-order valence-electron chi connectivity index (χ4n) is 2.00. The summed E-state index contributed by atoms with van der Waals surface area (Å²) in [4.78, 5) is 23.1. The predicted molar refractivity (Wildman–Crippen MR) is 96.4 cm³/mol. The molecular weight excluding hydrogens is 344 g/mol. The van der Waals surface area contributed by atoms with E-state index in [-0.39, 0.29) is 6.03 Å². The van der Waals surface area contributed by atoms with Gasteiger partial charge in [-0.15, -0.1) is 0 Å². The normalized spacial score (nSPS) is 10.0. The lowest BCUT2D eigenvalue weighted by Crippen LogP contribution is -2.30. The summed E-state index contributed by atoms with van der Waals surface area (Å²) < 4.78 is 10.1. The quantitative estimate of drug-likeness (QED) is 0.581. The number of carbonyl (C=O) groups is 2. The highest BCUT2D eigenvalue weighted by atomic mass is 35.5. The molecule has 0 aliphatic heterocycles. The Kier molecular flexibility index (Phi) is 7.10. The summed E-state index contributed by atoms with van der Waals surface area (Å²) in [7, 11) is 1.32. The van der Waals surface area contributed by atoms with Crippen LogP contribution in [0.4, 0.5) is 10.5 Å². The fraction of sp³-hybridized carbons (Fsp3) is 0.222. The van der Waals surface area contributed by atoms with E-state index in [1.54, 1.807) is 36.4 Å². The van der Waals surface area contributed by atoms with Gasteiger partial charge in [0.05, 0.1) is 24.3 Å². The molecule has 0 radical (unpaired) electrons. The molecule has 2 aromatic rings. The molecule has 0 atom stereocenters. The van der Waals surface area contributed by atoms with Gasteiger partial charge >= 0.3 is 12.0 Å². The largest absolute Gasteiger partial charge is 0.492 e. The van der Waals surface area contributed by atoms with E-state index in [0.717, 1.165) is 0 Å². The molecule has 0 saturated heterocycles. The van der Waals surface area contributed by atoms with Gasteiger partial charge in [-0.3, -0.25) is 0 Å². The second-order valence-corrected chi connectivity index (χ2v) is 5.49. The number of urea groups is 1. The zero-order valence-corrected chi connectivity index (χ0v) is 14.5. The average molecular weight is 363 g/mol. The third-order valence-electron chi connectivity index (χ3n) is 3.26. The molecule has 0 saturated carbocycles. The highest BCUT2D eigenvalue weighted by molar-refractivity contribution is 6.32. The van der Waals surface area contributed by atoms with Crippen LogP contribution in [0, 0.1) is 0 Å². The molecule has 0 aliphatic rings. The summed E-state index contributed by atoms with van der Waals surface area (Å²) in [6.45, 7) is 0.897. The second kappa shape index (κ2) is 9.54. The van der Waals surface area contributed by atoms with Crippen molar-refractivity contribution < 1.29 is 19.1 Å². The molecule has 132 valence electrons. The van der Waals surface area contributed by atoms with Crippen molar-refractivity contribution in [3.05, 3.63) is 59.1 Å². The number of anilines is 1. The number of rotatable bonds is 7. The van der Waals surface area contributed by atoms with Gasteiger partial charge in [0.2, 0.25) is 0 Å². The molecule has 0 aromatic heterocycles. The molecule has 0 aliphatic carbocycles. The zero-order valence-electron chi connectivity index (χ0n) is 13.8. The van der Waals surface area contributed by atoms with Gasteiger partial charge in [0.25, 0.3) is 0 Å². The molecular formula is C18H19ClN2O4. The highest BCUT2D eigenvalue weighted by Crippen LogP contribution is 2.22. The molecule has 0 unspecified atom stereocenters. The lowest BCUT2D eigenvalue weighted by atomic mass is 10.2. The van der Waals surface area contributed by atoms with Gasteiger partial charge < -0.3 is 20.1 Å². The molecule has 2 N–H and O–H groups in total. The minimum Gasteiger partial charge on any atom is -0.492 e.